The second kappa shape index (κ2) is 10.3. The fourth-order valence-corrected chi connectivity index (χ4v) is 4.75. The number of rotatable bonds is 8. The summed E-state index contributed by atoms with van der Waals surface area (Å²) in [4.78, 5) is 24.2. The summed E-state index contributed by atoms with van der Waals surface area (Å²) in [6, 6.07) is 8.79. The molecule has 10 heteroatoms. The fourth-order valence-electron chi connectivity index (χ4n) is 2.61. The van der Waals surface area contributed by atoms with E-state index in [1.165, 1.54) is 16.4 Å². The van der Waals surface area contributed by atoms with Crippen molar-refractivity contribution in [3.63, 3.8) is 0 Å². The Kier molecular flexibility index (Phi) is 8.25. The molecule has 0 unspecified atom stereocenters. The number of sulfonamides is 1. The normalized spacial score (nSPS) is 11.4. The zero-order valence-corrected chi connectivity index (χ0v) is 19.1. The molecule has 7 nitrogen and oxygen atoms in total. The first-order valence-electron chi connectivity index (χ1n) is 9.13. The fraction of sp³-hybridized carbons (Fsp3) is 0.300. The minimum atomic E-state index is -3.87. The van der Waals surface area contributed by atoms with E-state index < -0.39 is 28.5 Å². The number of hydrogen-bond acceptors (Lipinski definition) is 5. The largest absolute Gasteiger partial charge is 0.452 e. The Morgan fingerprint density at radius 1 is 1.03 bits per heavy atom. The van der Waals surface area contributed by atoms with Crippen LogP contribution < -0.4 is 5.32 Å². The van der Waals surface area contributed by atoms with Crippen molar-refractivity contribution in [1.82, 2.24) is 4.31 Å². The number of anilines is 1. The molecule has 0 atom stereocenters. The number of carbonyl (C=O) groups is 2. The van der Waals surface area contributed by atoms with Gasteiger partial charge in [0.25, 0.3) is 5.91 Å². The van der Waals surface area contributed by atoms with Crippen LogP contribution in [0.3, 0.4) is 0 Å². The number of nitrogens with one attached hydrogen (secondary N) is 1. The molecule has 30 heavy (non-hydrogen) atoms. The Balaban J connectivity index is 2.10. The summed E-state index contributed by atoms with van der Waals surface area (Å²) in [6.45, 7) is 5.20. The monoisotopic (exact) mass is 472 g/mol. The molecule has 1 N–H and O–H groups in total. The van der Waals surface area contributed by atoms with Crippen LogP contribution in [0.2, 0.25) is 10.0 Å². The maximum atomic E-state index is 12.7. The van der Waals surface area contributed by atoms with Crippen molar-refractivity contribution in [2.24, 2.45) is 0 Å². The average molecular weight is 473 g/mol. The van der Waals surface area contributed by atoms with Gasteiger partial charge in [-0.15, -0.1) is 0 Å². The predicted molar refractivity (Wildman–Crippen MR) is 117 cm³/mol. The molecule has 0 spiro atoms. The van der Waals surface area contributed by atoms with Crippen molar-refractivity contribution >= 4 is 50.8 Å². The Morgan fingerprint density at radius 3 is 2.30 bits per heavy atom. The minimum Gasteiger partial charge on any atom is -0.452 e. The molecular formula is C20H22Cl2N2O5S. The number of hydrogen-bond donors (Lipinski definition) is 1. The molecule has 0 radical (unpaired) electrons. The molecule has 2 rings (SSSR count). The van der Waals surface area contributed by atoms with Crippen LogP contribution in [0, 0.1) is 6.92 Å². The Morgan fingerprint density at radius 2 is 1.70 bits per heavy atom. The van der Waals surface area contributed by atoms with Gasteiger partial charge in [-0.2, -0.15) is 4.31 Å². The lowest BCUT2D eigenvalue weighted by Crippen LogP contribution is -2.31. The lowest BCUT2D eigenvalue weighted by molar-refractivity contribution is -0.119. The Hall–Kier alpha value is -2.13. The van der Waals surface area contributed by atoms with Crippen LogP contribution in [-0.2, 0) is 19.6 Å². The van der Waals surface area contributed by atoms with Gasteiger partial charge in [0.1, 0.15) is 4.90 Å². The average Bonchev–Trinajstić information content (AvgIpc) is 2.70. The van der Waals surface area contributed by atoms with E-state index in [4.69, 9.17) is 27.9 Å². The molecule has 0 saturated carbocycles. The molecule has 2 aromatic rings. The summed E-state index contributed by atoms with van der Waals surface area (Å²) >= 11 is 12.1. The van der Waals surface area contributed by atoms with Crippen LogP contribution in [0.25, 0.3) is 0 Å². The number of benzene rings is 2. The zero-order chi connectivity index (χ0) is 22.5. The second-order valence-corrected chi connectivity index (χ2v) is 9.04. The van der Waals surface area contributed by atoms with Gasteiger partial charge in [0.15, 0.2) is 6.61 Å². The molecule has 0 heterocycles. The van der Waals surface area contributed by atoms with Gasteiger partial charge in [-0.25, -0.2) is 13.2 Å². The number of esters is 1. The van der Waals surface area contributed by atoms with Gasteiger partial charge >= 0.3 is 5.97 Å². The van der Waals surface area contributed by atoms with Crippen molar-refractivity contribution in [3.8, 4) is 0 Å². The number of aryl methyl sites for hydroxylation is 1. The van der Waals surface area contributed by atoms with E-state index in [1.54, 1.807) is 32.0 Å². The van der Waals surface area contributed by atoms with E-state index in [2.05, 4.69) is 5.32 Å². The number of ether oxygens (including phenoxy) is 1. The van der Waals surface area contributed by atoms with Crippen molar-refractivity contribution in [2.75, 3.05) is 25.0 Å². The third-order valence-electron chi connectivity index (χ3n) is 4.28. The van der Waals surface area contributed by atoms with Crippen LogP contribution in [0.4, 0.5) is 5.69 Å². The molecule has 0 saturated heterocycles. The van der Waals surface area contributed by atoms with Gasteiger partial charge in [0.2, 0.25) is 10.0 Å². The Labute approximate surface area is 186 Å². The second-order valence-electron chi connectivity index (χ2n) is 6.32. The number of carbonyl (C=O) groups excluding carboxylic acids is 2. The van der Waals surface area contributed by atoms with Gasteiger partial charge in [0, 0.05) is 23.8 Å². The van der Waals surface area contributed by atoms with E-state index in [-0.39, 0.29) is 28.6 Å². The number of nitrogens with zero attached hydrogens (tertiary/aromatic N) is 1. The first kappa shape index (κ1) is 24.1. The van der Waals surface area contributed by atoms with Crippen LogP contribution in [0.5, 0.6) is 0 Å². The smallest absolute Gasteiger partial charge is 0.338 e. The lowest BCUT2D eigenvalue weighted by Gasteiger charge is -2.19. The molecule has 0 aliphatic carbocycles. The molecule has 0 aromatic heterocycles. The summed E-state index contributed by atoms with van der Waals surface area (Å²) in [6.07, 6.45) is 0. The highest BCUT2D eigenvalue weighted by Gasteiger charge is 2.26. The summed E-state index contributed by atoms with van der Waals surface area (Å²) in [5.74, 6) is -1.41. The number of halogens is 2. The SMILES string of the molecule is CCN(CC)S(=O)(=O)c1cc(C(=O)OCC(=O)Nc2ccc(C)c(Cl)c2)ccc1Cl. The van der Waals surface area contributed by atoms with E-state index in [0.717, 1.165) is 11.6 Å². The highest BCUT2D eigenvalue weighted by atomic mass is 35.5. The van der Waals surface area contributed by atoms with Crippen LogP contribution in [0.15, 0.2) is 41.3 Å². The lowest BCUT2D eigenvalue weighted by atomic mass is 10.2. The van der Waals surface area contributed by atoms with Crippen molar-refractivity contribution in [3.05, 3.63) is 57.6 Å². The zero-order valence-electron chi connectivity index (χ0n) is 16.7. The van der Waals surface area contributed by atoms with Gasteiger partial charge in [-0.3, -0.25) is 4.79 Å². The van der Waals surface area contributed by atoms with Crippen LogP contribution in [-0.4, -0.2) is 44.3 Å². The van der Waals surface area contributed by atoms with Crippen molar-refractivity contribution in [2.45, 2.75) is 25.7 Å². The third-order valence-corrected chi connectivity index (χ3v) is 7.22. The van der Waals surface area contributed by atoms with Gasteiger partial charge < -0.3 is 10.1 Å². The van der Waals surface area contributed by atoms with Gasteiger partial charge in [-0.05, 0) is 42.8 Å². The first-order valence-corrected chi connectivity index (χ1v) is 11.3. The molecule has 0 aliphatic heterocycles. The van der Waals surface area contributed by atoms with Crippen molar-refractivity contribution < 1.29 is 22.7 Å². The van der Waals surface area contributed by atoms with Crippen LogP contribution in [0.1, 0.15) is 29.8 Å². The minimum absolute atomic E-state index is 0.00700. The maximum Gasteiger partial charge on any atom is 0.338 e. The molecule has 0 fully saturated rings. The van der Waals surface area contributed by atoms with E-state index >= 15 is 0 Å². The molecule has 2 aromatic carbocycles. The van der Waals surface area contributed by atoms with Gasteiger partial charge in [0.05, 0.1) is 10.6 Å². The molecule has 0 bridgehead atoms. The number of amides is 1. The molecule has 0 aliphatic rings. The molecule has 162 valence electrons. The van der Waals surface area contributed by atoms with E-state index in [1.807, 2.05) is 6.92 Å². The topological polar surface area (TPSA) is 92.8 Å². The molecular weight excluding hydrogens is 451 g/mol. The summed E-state index contributed by atoms with van der Waals surface area (Å²) < 4.78 is 31.7. The van der Waals surface area contributed by atoms with Gasteiger partial charge in [-0.1, -0.05) is 43.1 Å². The quantitative estimate of drug-likeness (QED) is 0.582. The molecule has 1 amide bonds. The highest BCUT2D eigenvalue weighted by molar-refractivity contribution is 7.89. The van der Waals surface area contributed by atoms with Crippen LogP contribution >= 0.6 is 23.2 Å². The van der Waals surface area contributed by atoms with E-state index in [0.29, 0.717) is 10.7 Å². The Bertz CT molecular complexity index is 1050. The highest BCUT2D eigenvalue weighted by Crippen LogP contribution is 2.26. The standard InChI is InChI=1S/C20H22Cl2N2O5S/c1-4-24(5-2)30(27,28)18-10-14(7-9-16(18)21)20(26)29-12-19(25)23-15-8-6-13(3)17(22)11-15/h6-11H,4-5,12H2,1-3H3,(H,23,25). The summed E-state index contributed by atoms with van der Waals surface area (Å²) in [5, 5.41) is 3.05. The third kappa shape index (κ3) is 5.72. The van der Waals surface area contributed by atoms with E-state index in [9.17, 15) is 18.0 Å². The van der Waals surface area contributed by atoms with Crippen molar-refractivity contribution in [1.29, 1.82) is 0 Å². The maximum absolute atomic E-state index is 12.7. The summed E-state index contributed by atoms with van der Waals surface area (Å²) in [7, 11) is -3.87. The first-order chi connectivity index (χ1) is 14.1. The predicted octanol–water partition coefficient (Wildman–Crippen LogP) is 4.13. The summed E-state index contributed by atoms with van der Waals surface area (Å²) in [5.41, 5.74) is 1.29.